The van der Waals surface area contributed by atoms with Crippen molar-refractivity contribution in [2.75, 3.05) is 6.54 Å². The van der Waals surface area contributed by atoms with Crippen LogP contribution in [0, 0.1) is 13.8 Å². The van der Waals surface area contributed by atoms with Gasteiger partial charge in [0.05, 0.1) is 27.7 Å². The molecule has 204 valence electrons. The number of carbonyl (C=O) groups excluding carboxylic acids is 1. The van der Waals surface area contributed by atoms with Gasteiger partial charge < -0.3 is 19.3 Å². The molecule has 1 aromatic carbocycles. The Kier molecular flexibility index (Phi) is 5.54. The van der Waals surface area contributed by atoms with Gasteiger partial charge in [-0.25, -0.2) is 14.8 Å². The van der Waals surface area contributed by atoms with Crippen LogP contribution >= 0.6 is 0 Å². The highest BCUT2D eigenvalue weighted by molar-refractivity contribution is 5.91. The van der Waals surface area contributed by atoms with Crippen molar-refractivity contribution in [2.24, 2.45) is 7.05 Å². The number of phenols is 1. The summed E-state index contributed by atoms with van der Waals surface area (Å²) >= 11 is 0. The number of hydrogen-bond donors (Lipinski definition) is 1. The second-order valence-corrected chi connectivity index (χ2v) is 12.1. The molecule has 1 N–H and O–H groups in total. The fraction of sp³-hybridized carbons (Fsp3) is 0.483. The molecule has 4 heterocycles. The zero-order valence-electron chi connectivity index (χ0n) is 23.3. The molecule has 1 saturated heterocycles. The zero-order chi connectivity index (χ0) is 27.9. The van der Waals surface area contributed by atoms with E-state index in [2.05, 4.69) is 10.1 Å². The van der Waals surface area contributed by atoms with E-state index in [4.69, 9.17) is 9.72 Å². The number of hydrogen-bond acceptors (Lipinski definition) is 7. The van der Waals surface area contributed by atoms with Crippen LogP contribution in [0.5, 0.6) is 5.75 Å². The number of piperidine rings is 1. The highest BCUT2D eigenvalue weighted by Crippen LogP contribution is 2.51. The molecule has 1 unspecified atom stereocenters. The van der Waals surface area contributed by atoms with E-state index in [9.17, 15) is 14.7 Å². The Morgan fingerprint density at radius 2 is 1.95 bits per heavy atom. The first-order valence-electron chi connectivity index (χ1n) is 13.4. The van der Waals surface area contributed by atoms with Crippen LogP contribution in [0.4, 0.5) is 4.79 Å². The predicted molar refractivity (Wildman–Crippen MR) is 148 cm³/mol. The molecule has 1 amide bonds. The number of amides is 1. The molecule has 1 spiro atoms. The van der Waals surface area contributed by atoms with Crippen LogP contribution in [0.2, 0.25) is 0 Å². The summed E-state index contributed by atoms with van der Waals surface area (Å²) in [5, 5.41) is 16.7. The molecule has 4 aromatic rings. The summed E-state index contributed by atoms with van der Waals surface area (Å²) < 4.78 is 9.15. The summed E-state index contributed by atoms with van der Waals surface area (Å²) in [7, 11) is 1.84. The molecule has 1 saturated carbocycles. The van der Waals surface area contributed by atoms with Crippen molar-refractivity contribution in [3.05, 3.63) is 46.1 Å². The van der Waals surface area contributed by atoms with Crippen molar-refractivity contribution in [3.63, 3.8) is 0 Å². The van der Waals surface area contributed by atoms with Gasteiger partial charge >= 0.3 is 6.09 Å². The first-order chi connectivity index (χ1) is 18.4. The first-order valence-corrected chi connectivity index (χ1v) is 13.4. The molecule has 6 rings (SSSR count). The SMILES string of the molecule is Cc1c(O)c(-c2nc(C)c3c(=O)n(C4CCN(C(=O)OC(C)(C)C)C5(CC5)C4)ccc3n2)cc2cn(C)nc12. The van der Waals surface area contributed by atoms with E-state index in [-0.39, 0.29) is 29.0 Å². The van der Waals surface area contributed by atoms with Gasteiger partial charge in [-0.2, -0.15) is 5.10 Å². The van der Waals surface area contributed by atoms with Gasteiger partial charge in [0.15, 0.2) is 5.82 Å². The van der Waals surface area contributed by atoms with Crippen LogP contribution in [-0.4, -0.2) is 58.1 Å². The van der Waals surface area contributed by atoms with Crippen LogP contribution in [-0.2, 0) is 11.8 Å². The first kappa shape index (κ1) is 25.3. The van der Waals surface area contributed by atoms with E-state index in [0.717, 1.165) is 23.7 Å². The fourth-order valence-corrected chi connectivity index (χ4v) is 5.97. The third-order valence-electron chi connectivity index (χ3n) is 8.03. The molecule has 0 bridgehead atoms. The average molecular weight is 531 g/mol. The number of aromatic nitrogens is 5. The number of aryl methyl sites for hydroxylation is 3. The molecule has 1 aliphatic heterocycles. The summed E-state index contributed by atoms with van der Waals surface area (Å²) in [6.07, 6.45) is 6.64. The average Bonchev–Trinajstić information content (AvgIpc) is 3.49. The van der Waals surface area contributed by atoms with Gasteiger partial charge in [0, 0.05) is 48.5 Å². The summed E-state index contributed by atoms with van der Waals surface area (Å²) in [5.41, 5.74) is 2.07. The highest BCUT2D eigenvalue weighted by atomic mass is 16.6. The molecule has 1 aliphatic carbocycles. The molecular weight excluding hydrogens is 496 g/mol. The van der Waals surface area contributed by atoms with Crippen molar-refractivity contribution in [2.45, 2.75) is 77.5 Å². The second kappa shape index (κ2) is 8.53. The lowest BCUT2D eigenvalue weighted by atomic mass is 9.94. The Balaban J connectivity index is 1.34. The number of phenolic OH excluding ortho intramolecular Hbond substituents is 1. The second-order valence-electron chi connectivity index (χ2n) is 12.1. The van der Waals surface area contributed by atoms with E-state index < -0.39 is 5.60 Å². The number of rotatable bonds is 2. The van der Waals surface area contributed by atoms with Gasteiger partial charge in [-0.1, -0.05) is 0 Å². The van der Waals surface area contributed by atoms with Crippen LogP contribution in [0.15, 0.2) is 29.3 Å². The van der Waals surface area contributed by atoms with Gasteiger partial charge in [0.1, 0.15) is 11.4 Å². The number of likely N-dealkylation sites (tertiary alicyclic amines) is 1. The maximum Gasteiger partial charge on any atom is 0.410 e. The molecule has 10 nitrogen and oxygen atoms in total. The van der Waals surface area contributed by atoms with Gasteiger partial charge in [-0.05, 0) is 72.4 Å². The topological polar surface area (TPSA) is 115 Å². The van der Waals surface area contributed by atoms with E-state index in [1.165, 1.54) is 0 Å². The molecular formula is C29H34N6O4. The third kappa shape index (κ3) is 4.22. The monoisotopic (exact) mass is 530 g/mol. The Morgan fingerprint density at radius 3 is 2.64 bits per heavy atom. The van der Waals surface area contributed by atoms with Crippen LogP contribution in [0.3, 0.4) is 0 Å². The summed E-state index contributed by atoms with van der Waals surface area (Å²) in [6.45, 7) is 9.80. The molecule has 1 atom stereocenters. The van der Waals surface area contributed by atoms with Crippen LogP contribution in [0.25, 0.3) is 33.2 Å². The van der Waals surface area contributed by atoms with Crippen LogP contribution in [0.1, 0.15) is 63.8 Å². The van der Waals surface area contributed by atoms with Gasteiger partial charge in [0.2, 0.25) is 0 Å². The number of nitrogens with zero attached hydrogens (tertiary/aromatic N) is 6. The summed E-state index contributed by atoms with van der Waals surface area (Å²) in [6, 6.07) is 3.66. The lowest BCUT2D eigenvalue weighted by molar-refractivity contribution is 0.000497. The van der Waals surface area contributed by atoms with Crippen LogP contribution < -0.4 is 5.56 Å². The smallest absolute Gasteiger partial charge is 0.410 e. The standard InChI is InChI=1S/C29H34N6O4/c1-16-23-18(15-33(6)32-23)13-20(24(16)36)25-30-17(2)22-21(31-25)8-11-34(26(22)37)19-7-12-35(29(14-19)9-10-29)27(38)39-28(3,4)5/h8,11,13,15,19,36H,7,9-10,12,14H2,1-6H3. The van der Waals surface area contributed by atoms with Gasteiger partial charge in [0.25, 0.3) is 5.56 Å². The lowest BCUT2D eigenvalue weighted by Crippen LogP contribution is -2.50. The number of fused-ring (bicyclic) bond motifs is 2. The Labute approximate surface area is 226 Å². The minimum absolute atomic E-state index is 0.0261. The Morgan fingerprint density at radius 1 is 1.21 bits per heavy atom. The minimum Gasteiger partial charge on any atom is -0.507 e. The Hall–Kier alpha value is -3.95. The van der Waals surface area contributed by atoms with E-state index in [1.54, 1.807) is 22.4 Å². The van der Waals surface area contributed by atoms with Crippen molar-refractivity contribution < 1.29 is 14.6 Å². The number of pyridine rings is 1. The molecule has 3 aromatic heterocycles. The maximum absolute atomic E-state index is 13.7. The zero-order valence-corrected chi connectivity index (χ0v) is 23.3. The molecule has 2 aliphatic rings. The Bertz CT molecular complexity index is 1710. The normalized spacial score (nSPS) is 18.7. The van der Waals surface area contributed by atoms with E-state index in [0.29, 0.717) is 52.9 Å². The van der Waals surface area contributed by atoms with E-state index in [1.807, 2.05) is 58.0 Å². The number of benzene rings is 1. The van der Waals surface area contributed by atoms with Crippen molar-refractivity contribution in [1.82, 2.24) is 29.2 Å². The number of aromatic hydroxyl groups is 1. The number of carbonyl (C=O) groups is 1. The molecule has 2 fully saturated rings. The largest absolute Gasteiger partial charge is 0.507 e. The molecule has 39 heavy (non-hydrogen) atoms. The van der Waals surface area contributed by atoms with Crippen molar-refractivity contribution >= 4 is 27.9 Å². The highest BCUT2D eigenvalue weighted by Gasteiger charge is 2.54. The molecule has 0 radical (unpaired) electrons. The maximum atomic E-state index is 13.7. The van der Waals surface area contributed by atoms with Crippen molar-refractivity contribution in [1.29, 1.82) is 0 Å². The lowest BCUT2D eigenvalue weighted by Gasteiger charge is -2.41. The fourth-order valence-electron chi connectivity index (χ4n) is 5.97. The number of ether oxygens (including phenoxy) is 1. The van der Waals surface area contributed by atoms with Gasteiger partial charge in [-0.15, -0.1) is 0 Å². The van der Waals surface area contributed by atoms with Crippen molar-refractivity contribution in [3.8, 4) is 17.1 Å². The summed E-state index contributed by atoms with van der Waals surface area (Å²) in [4.78, 5) is 37.8. The minimum atomic E-state index is -0.547. The predicted octanol–water partition coefficient (Wildman–Crippen LogP) is 4.77. The third-order valence-corrected chi connectivity index (χ3v) is 8.03. The van der Waals surface area contributed by atoms with Gasteiger partial charge in [-0.3, -0.25) is 9.48 Å². The van der Waals surface area contributed by atoms with E-state index >= 15 is 0 Å². The summed E-state index contributed by atoms with van der Waals surface area (Å²) in [5.74, 6) is 0.450. The quantitative estimate of drug-likeness (QED) is 0.397. The molecule has 10 heteroatoms.